The molecule has 0 radical (unpaired) electrons. The van der Waals surface area contributed by atoms with E-state index < -0.39 is 0 Å². The summed E-state index contributed by atoms with van der Waals surface area (Å²) >= 11 is 0. The highest BCUT2D eigenvalue weighted by Crippen LogP contribution is 2.29. The zero-order valence-corrected chi connectivity index (χ0v) is 15.5. The van der Waals surface area contributed by atoms with Crippen LogP contribution in [-0.4, -0.2) is 24.7 Å². The molecule has 1 heterocycles. The Labute approximate surface area is 148 Å². The van der Waals surface area contributed by atoms with Crippen molar-refractivity contribution in [2.75, 3.05) is 13.7 Å². The number of carbonyl (C=O) groups excluding carboxylic acids is 1. The highest BCUT2D eigenvalue weighted by atomic mass is 16.5. The Hall–Kier alpha value is -2.50. The van der Waals surface area contributed by atoms with Gasteiger partial charge in [0.2, 0.25) is 0 Å². The maximum atomic E-state index is 12.2. The van der Waals surface area contributed by atoms with Gasteiger partial charge in [-0.3, -0.25) is 4.79 Å². The third-order valence-corrected chi connectivity index (χ3v) is 3.99. The Balaban J connectivity index is 2.04. The summed E-state index contributed by atoms with van der Waals surface area (Å²) < 4.78 is 16.3. The van der Waals surface area contributed by atoms with Gasteiger partial charge in [0, 0.05) is 12.1 Å². The van der Waals surface area contributed by atoms with Crippen molar-refractivity contribution in [1.82, 2.24) is 10.5 Å². The predicted octanol–water partition coefficient (Wildman–Crippen LogP) is 3.65. The van der Waals surface area contributed by atoms with Crippen LogP contribution in [0.1, 0.15) is 47.6 Å². The minimum atomic E-state index is -0.115. The van der Waals surface area contributed by atoms with Crippen LogP contribution in [0.5, 0.6) is 11.5 Å². The zero-order chi connectivity index (χ0) is 18.4. The fourth-order valence-corrected chi connectivity index (χ4v) is 2.36. The van der Waals surface area contributed by atoms with Crippen LogP contribution in [0.25, 0.3) is 0 Å². The summed E-state index contributed by atoms with van der Waals surface area (Å²) in [5.74, 6) is 2.26. The lowest BCUT2D eigenvalue weighted by Crippen LogP contribution is -2.25. The predicted molar refractivity (Wildman–Crippen MR) is 95.1 cm³/mol. The Bertz CT molecular complexity index is 703. The number of aryl methyl sites for hydroxylation is 2. The molecular formula is C19H26N2O4. The van der Waals surface area contributed by atoms with E-state index in [2.05, 4.69) is 24.3 Å². The first-order valence-corrected chi connectivity index (χ1v) is 8.43. The van der Waals surface area contributed by atoms with Gasteiger partial charge >= 0.3 is 0 Å². The number of amides is 1. The molecule has 0 bridgehead atoms. The number of hydrogen-bond acceptors (Lipinski definition) is 5. The molecule has 0 atom stereocenters. The highest BCUT2D eigenvalue weighted by molar-refractivity contribution is 5.94. The molecule has 6 nitrogen and oxygen atoms in total. The second-order valence-corrected chi connectivity index (χ2v) is 6.40. The molecule has 0 aliphatic rings. The number of rotatable bonds is 8. The smallest absolute Gasteiger partial charge is 0.251 e. The third-order valence-electron chi connectivity index (χ3n) is 3.99. The van der Waals surface area contributed by atoms with Crippen LogP contribution in [0.4, 0.5) is 0 Å². The average Bonchev–Trinajstić information content (AvgIpc) is 2.90. The van der Waals surface area contributed by atoms with Crippen LogP contribution in [0.3, 0.4) is 0 Å². The van der Waals surface area contributed by atoms with E-state index in [1.165, 1.54) is 0 Å². The first-order valence-electron chi connectivity index (χ1n) is 8.43. The summed E-state index contributed by atoms with van der Waals surface area (Å²) in [6, 6.07) is 5.16. The lowest BCUT2D eigenvalue weighted by molar-refractivity contribution is 0.0951. The van der Waals surface area contributed by atoms with Crippen molar-refractivity contribution >= 4 is 5.91 Å². The number of nitrogens with zero attached hydrogens (tertiary/aromatic N) is 1. The molecule has 0 saturated heterocycles. The minimum absolute atomic E-state index is 0.115. The van der Waals surface area contributed by atoms with E-state index in [0.717, 1.165) is 23.4 Å². The fourth-order valence-electron chi connectivity index (χ4n) is 2.36. The molecule has 2 rings (SSSR count). The Morgan fingerprint density at radius 1 is 1.28 bits per heavy atom. The average molecular weight is 346 g/mol. The molecule has 0 aliphatic heterocycles. The van der Waals surface area contributed by atoms with Crippen molar-refractivity contribution in [3.63, 3.8) is 0 Å². The van der Waals surface area contributed by atoms with Crippen LogP contribution < -0.4 is 14.8 Å². The third kappa shape index (κ3) is 4.98. The quantitative estimate of drug-likeness (QED) is 0.790. The maximum absolute atomic E-state index is 12.2. The number of methoxy groups -OCH3 is 1. The Kier molecular flexibility index (Phi) is 6.44. The number of ether oxygens (including phenoxy) is 2. The van der Waals surface area contributed by atoms with Gasteiger partial charge in [0.1, 0.15) is 12.4 Å². The molecule has 25 heavy (non-hydrogen) atoms. The standard InChI is InChI=1S/C19H26N2O4/c1-12(2)8-9-20-19(22)15-6-7-17(18(10-15)23-5)24-11-16-13(3)21-25-14(16)4/h6-7,10,12H,8-9,11H2,1-5H3,(H,20,22). The van der Waals surface area contributed by atoms with Gasteiger partial charge in [0.15, 0.2) is 11.5 Å². The molecule has 0 saturated carbocycles. The fraction of sp³-hybridized carbons (Fsp3) is 0.474. The van der Waals surface area contributed by atoms with Crippen LogP contribution in [0.15, 0.2) is 22.7 Å². The lowest BCUT2D eigenvalue weighted by Gasteiger charge is -2.12. The van der Waals surface area contributed by atoms with E-state index in [1.54, 1.807) is 25.3 Å². The normalized spacial score (nSPS) is 10.8. The van der Waals surface area contributed by atoms with E-state index >= 15 is 0 Å². The number of hydrogen-bond donors (Lipinski definition) is 1. The maximum Gasteiger partial charge on any atom is 0.251 e. The second-order valence-electron chi connectivity index (χ2n) is 6.40. The van der Waals surface area contributed by atoms with Crippen LogP contribution >= 0.6 is 0 Å². The Morgan fingerprint density at radius 2 is 2.04 bits per heavy atom. The highest BCUT2D eigenvalue weighted by Gasteiger charge is 2.14. The zero-order valence-electron chi connectivity index (χ0n) is 15.5. The van der Waals surface area contributed by atoms with Gasteiger partial charge in [0.25, 0.3) is 5.91 Å². The molecule has 0 fully saturated rings. The Morgan fingerprint density at radius 3 is 2.64 bits per heavy atom. The van der Waals surface area contributed by atoms with Gasteiger partial charge in [-0.15, -0.1) is 0 Å². The van der Waals surface area contributed by atoms with Crippen molar-refractivity contribution in [3.05, 3.63) is 40.8 Å². The molecule has 0 aliphatic carbocycles. The molecule has 1 aromatic carbocycles. The van der Waals surface area contributed by atoms with Crippen LogP contribution in [-0.2, 0) is 6.61 Å². The van der Waals surface area contributed by atoms with E-state index in [4.69, 9.17) is 14.0 Å². The number of benzene rings is 1. The number of carbonyl (C=O) groups is 1. The van der Waals surface area contributed by atoms with Gasteiger partial charge in [-0.25, -0.2) is 0 Å². The van der Waals surface area contributed by atoms with Crippen LogP contribution in [0.2, 0.25) is 0 Å². The van der Waals surface area contributed by atoms with Crippen LogP contribution in [0, 0.1) is 19.8 Å². The van der Waals surface area contributed by atoms with Gasteiger partial charge in [-0.2, -0.15) is 0 Å². The van der Waals surface area contributed by atoms with Crippen molar-refractivity contribution in [1.29, 1.82) is 0 Å². The van der Waals surface area contributed by atoms with E-state index in [1.807, 2.05) is 13.8 Å². The molecule has 6 heteroatoms. The summed E-state index contributed by atoms with van der Waals surface area (Å²) in [6.45, 7) is 8.96. The monoisotopic (exact) mass is 346 g/mol. The number of nitrogens with one attached hydrogen (secondary N) is 1. The van der Waals surface area contributed by atoms with E-state index in [-0.39, 0.29) is 5.91 Å². The molecular weight excluding hydrogens is 320 g/mol. The molecule has 0 spiro atoms. The van der Waals surface area contributed by atoms with E-state index in [9.17, 15) is 4.79 Å². The SMILES string of the molecule is COc1cc(C(=O)NCCC(C)C)ccc1OCc1c(C)noc1C. The lowest BCUT2D eigenvalue weighted by atomic mass is 10.1. The molecule has 1 N–H and O–H groups in total. The molecule has 2 aromatic rings. The largest absolute Gasteiger partial charge is 0.493 e. The van der Waals surface area contributed by atoms with Crippen molar-refractivity contribution in [3.8, 4) is 11.5 Å². The first-order chi connectivity index (χ1) is 11.9. The molecule has 1 amide bonds. The van der Waals surface area contributed by atoms with Crippen molar-refractivity contribution in [2.45, 2.75) is 40.7 Å². The van der Waals surface area contributed by atoms with Gasteiger partial charge in [-0.05, 0) is 44.4 Å². The van der Waals surface area contributed by atoms with Gasteiger partial charge in [-0.1, -0.05) is 19.0 Å². The molecule has 136 valence electrons. The van der Waals surface area contributed by atoms with Crippen molar-refractivity contribution in [2.24, 2.45) is 5.92 Å². The summed E-state index contributed by atoms with van der Waals surface area (Å²) in [7, 11) is 1.55. The second kappa shape index (κ2) is 8.55. The first kappa shape index (κ1) is 18.8. The van der Waals surface area contributed by atoms with Gasteiger partial charge < -0.3 is 19.3 Å². The summed E-state index contributed by atoms with van der Waals surface area (Å²) in [4.78, 5) is 12.2. The topological polar surface area (TPSA) is 73.6 Å². The van der Waals surface area contributed by atoms with Gasteiger partial charge in [0.05, 0.1) is 18.4 Å². The minimum Gasteiger partial charge on any atom is -0.493 e. The van der Waals surface area contributed by atoms with Crippen molar-refractivity contribution < 1.29 is 18.8 Å². The van der Waals surface area contributed by atoms with E-state index in [0.29, 0.717) is 36.1 Å². The summed E-state index contributed by atoms with van der Waals surface area (Å²) in [5, 5.41) is 6.82. The number of aromatic nitrogens is 1. The summed E-state index contributed by atoms with van der Waals surface area (Å²) in [6.07, 6.45) is 0.946. The molecule has 0 unspecified atom stereocenters. The molecule has 1 aromatic heterocycles. The summed E-state index contributed by atoms with van der Waals surface area (Å²) in [5.41, 5.74) is 2.26.